The van der Waals surface area contributed by atoms with Crippen molar-refractivity contribution in [2.75, 3.05) is 11.9 Å². The molecule has 1 heterocycles. The van der Waals surface area contributed by atoms with Gasteiger partial charge in [-0.2, -0.15) is 10.4 Å². The third-order valence-corrected chi connectivity index (χ3v) is 6.35. The van der Waals surface area contributed by atoms with Gasteiger partial charge in [0.15, 0.2) is 0 Å². The van der Waals surface area contributed by atoms with Crippen LogP contribution in [0.15, 0.2) is 40.4 Å². The Morgan fingerprint density at radius 1 is 1.33 bits per heavy atom. The monoisotopic (exact) mass is 486 g/mol. The topological polar surface area (TPSA) is 104 Å². The number of halogens is 1. The molecule has 2 aromatic rings. The first-order valence-electron chi connectivity index (χ1n) is 9.25. The fraction of sp³-hybridized carbons (Fsp3) is 0.238. The number of ether oxygens (including phenoxy) is 1. The summed E-state index contributed by atoms with van der Waals surface area (Å²) in [7, 11) is 0. The zero-order valence-corrected chi connectivity index (χ0v) is 18.4. The van der Waals surface area contributed by atoms with Crippen LogP contribution in [0.25, 0.3) is 0 Å². The van der Waals surface area contributed by atoms with Gasteiger partial charge in [-0.25, -0.2) is 5.43 Å². The molecule has 0 bridgehead atoms. The van der Waals surface area contributed by atoms with Crippen LogP contribution in [-0.4, -0.2) is 24.6 Å². The molecule has 0 fully saturated rings. The lowest BCUT2D eigenvalue weighted by atomic mass is 9.96. The first-order valence-corrected chi connectivity index (χ1v) is 10.9. The molecule has 0 aliphatic heterocycles. The zero-order valence-electron chi connectivity index (χ0n) is 16.0. The number of hydrogen-bond donors (Lipinski definition) is 2. The molecule has 1 aliphatic rings. The standard InChI is InChI=1S/C21H19BrN4O3S/c1-2-9-29-14-7-8-17(22)13(10-14)12-24-26-20(28)19(27)25-21-16(11-23)15-5-3-4-6-18(15)30-21/h2,7-8,10,12H,1,3-6,9H2,(H,25,27)(H,26,28)/b24-12+. The first-order chi connectivity index (χ1) is 14.5. The third kappa shape index (κ3) is 5.14. The van der Waals surface area contributed by atoms with E-state index in [2.05, 4.69) is 44.4 Å². The number of nitriles is 1. The molecule has 0 atom stereocenters. The maximum Gasteiger partial charge on any atom is 0.329 e. The predicted octanol–water partition coefficient (Wildman–Crippen LogP) is 3.91. The van der Waals surface area contributed by atoms with Crippen LogP contribution in [0.4, 0.5) is 5.00 Å². The third-order valence-electron chi connectivity index (χ3n) is 4.42. The second-order valence-electron chi connectivity index (χ2n) is 6.46. The Morgan fingerprint density at radius 2 is 2.13 bits per heavy atom. The highest BCUT2D eigenvalue weighted by atomic mass is 79.9. The van der Waals surface area contributed by atoms with Crippen molar-refractivity contribution in [1.82, 2.24) is 5.43 Å². The minimum absolute atomic E-state index is 0.367. The Bertz CT molecular complexity index is 1060. The molecule has 2 N–H and O–H groups in total. The highest BCUT2D eigenvalue weighted by molar-refractivity contribution is 9.10. The Hall–Kier alpha value is -2.96. The molecule has 0 saturated carbocycles. The van der Waals surface area contributed by atoms with E-state index < -0.39 is 11.8 Å². The Morgan fingerprint density at radius 3 is 2.90 bits per heavy atom. The summed E-state index contributed by atoms with van der Waals surface area (Å²) in [4.78, 5) is 25.5. The summed E-state index contributed by atoms with van der Waals surface area (Å²) >= 11 is 4.76. The molecule has 0 unspecified atom stereocenters. The number of carbonyl (C=O) groups is 2. The molecule has 3 rings (SSSR count). The molecule has 9 heteroatoms. The van der Waals surface area contributed by atoms with Crippen LogP contribution in [0.3, 0.4) is 0 Å². The summed E-state index contributed by atoms with van der Waals surface area (Å²) < 4.78 is 6.21. The summed E-state index contributed by atoms with van der Waals surface area (Å²) in [6.07, 6.45) is 6.85. The van der Waals surface area contributed by atoms with E-state index in [9.17, 15) is 14.9 Å². The van der Waals surface area contributed by atoms with E-state index in [1.807, 2.05) is 0 Å². The number of aryl methyl sites for hydroxylation is 1. The van der Waals surface area contributed by atoms with E-state index in [-0.39, 0.29) is 0 Å². The average molecular weight is 487 g/mol. The average Bonchev–Trinajstić information content (AvgIpc) is 3.10. The van der Waals surface area contributed by atoms with Crippen molar-refractivity contribution in [3.63, 3.8) is 0 Å². The van der Waals surface area contributed by atoms with Crippen molar-refractivity contribution in [3.8, 4) is 11.8 Å². The largest absolute Gasteiger partial charge is 0.490 e. The number of benzene rings is 1. The van der Waals surface area contributed by atoms with Gasteiger partial charge in [0, 0.05) is 14.9 Å². The van der Waals surface area contributed by atoms with Gasteiger partial charge >= 0.3 is 11.8 Å². The highest BCUT2D eigenvalue weighted by Crippen LogP contribution is 2.37. The van der Waals surface area contributed by atoms with Gasteiger partial charge in [0.25, 0.3) is 0 Å². The van der Waals surface area contributed by atoms with Crippen molar-refractivity contribution in [1.29, 1.82) is 5.26 Å². The number of anilines is 1. The van der Waals surface area contributed by atoms with Crippen molar-refractivity contribution < 1.29 is 14.3 Å². The first kappa shape index (κ1) is 21.7. The number of rotatable bonds is 6. The lowest BCUT2D eigenvalue weighted by Crippen LogP contribution is -2.32. The number of fused-ring (bicyclic) bond motifs is 1. The summed E-state index contributed by atoms with van der Waals surface area (Å²) in [6, 6.07) is 7.45. The number of hydrogen-bond acceptors (Lipinski definition) is 6. The van der Waals surface area contributed by atoms with Crippen LogP contribution >= 0.6 is 27.3 Å². The minimum Gasteiger partial charge on any atom is -0.490 e. The second kappa shape index (κ2) is 10.2. The predicted molar refractivity (Wildman–Crippen MR) is 120 cm³/mol. The van der Waals surface area contributed by atoms with Crippen LogP contribution in [0.5, 0.6) is 5.75 Å². The van der Waals surface area contributed by atoms with E-state index in [0.29, 0.717) is 28.5 Å². The van der Waals surface area contributed by atoms with Gasteiger partial charge in [0.2, 0.25) is 0 Å². The van der Waals surface area contributed by atoms with E-state index in [1.54, 1.807) is 24.3 Å². The van der Waals surface area contributed by atoms with Crippen LogP contribution in [0.1, 0.15) is 34.4 Å². The van der Waals surface area contributed by atoms with Crippen LogP contribution < -0.4 is 15.5 Å². The van der Waals surface area contributed by atoms with Crippen LogP contribution in [0.2, 0.25) is 0 Å². The highest BCUT2D eigenvalue weighted by Gasteiger charge is 2.23. The van der Waals surface area contributed by atoms with E-state index in [0.717, 1.165) is 40.6 Å². The van der Waals surface area contributed by atoms with E-state index >= 15 is 0 Å². The molecule has 154 valence electrons. The van der Waals surface area contributed by atoms with Gasteiger partial charge in [-0.15, -0.1) is 11.3 Å². The SMILES string of the molecule is C=CCOc1ccc(Br)c(/C=N/NC(=O)C(=O)Nc2sc3c(c2C#N)CCCC3)c1. The van der Waals surface area contributed by atoms with Gasteiger partial charge in [0.1, 0.15) is 23.4 Å². The maximum absolute atomic E-state index is 12.2. The molecule has 1 aliphatic carbocycles. The quantitative estimate of drug-likeness (QED) is 0.279. The maximum atomic E-state index is 12.2. The number of nitrogens with zero attached hydrogens (tertiary/aromatic N) is 2. The molecule has 7 nitrogen and oxygen atoms in total. The number of hydrazone groups is 1. The van der Waals surface area contributed by atoms with Gasteiger partial charge in [-0.05, 0) is 49.4 Å². The molecule has 0 radical (unpaired) electrons. The number of carbonyl (C=O) groups excluding carboxylic acids is 2. The summed E-state index contributed by atoms with van der Waals surface area (Å²) in [5.41, 5.74) is 4.31. The van der Waals surface area contributed by atoms with Gasteiger partial charge in [-0.3, -0.25) is 9.59 Å². The lowest BCUT2D eigenvalue weighted by Gasteiger charge is -2.09. The minimum atomic E-state index is -0.920. The Kier molecular flexibility index (Phi) is 7.38. The van der Waals surface area contributed by atoms with Crippen LogP contribution in [0, 0.1) is 11.3 Å². The van der Waals surface area contributed by atoms with Crippen molar-refractivity contribution in [2.45, 2.75) is 25.7 Å². The van der Waals surface area contributed by atoms with E-state index in [1.165, 1.54) is 17.6 Å². The summed E-state index contributed by atoms with van der Waals surface area (Å²) in [5, 5.41) is 16.3. The van der Waals surface area contributed by atoms with Crippen molar-refractivity contribution >= 4 is 50.3 Å². The molecule has 1 aromatic heterocycles. The lowest BCUT2D eigenvalue weighted by molar-refractivity contribution is -0.136. The van der Waals surface area contributed by atoms with Crippen LogP contribution in [-0.2, 0) is 22.4 Å². The number of nitrogens with one attached hydrogen (secondary N) is 2. The molecule has 2 amide bonds. The summed E-state index contributed by atoms with van der Waals surface area (Å²) in [5.74, 6) is -1.17. The van der Waals surface area contributed by atoms with Crippen molar-refractivity contribution in [2.24, 2.45) is 5.10 Å². The Labute approximate surface area is 186 Å². The smallest absolute Gasteiger partial charge is 0.329 e. The molecular weight excluding hydrogens is 468 g/mol. The van der Waals surface area contributed by atoms with Crippen molar-refractivity contribution in [3.05, 3.63) is 56.9 Å². The Balaban J connectivity index is 1.63. The molecule has 0 saturated heterocycles. The molecule has 0 spiro atoms. The molecular formula is C21H19BrN4O3S. The number of amides is 2. The molecule has 1 aromatic carbocycles. The van der Waals surface area contributed by atoms with Gasteiger partial charge in [0.05, 0.1) is 11.8 Å². The van der Waals surface area contributed by atoms with Gasteiger partial charge in [-0.1, -0.05) is 28.6 Å². The fourth-order valence-corrected chi connectivity index (χ4v) is 4.59. The van der Waals surface area contributed by atoms with E-state index in [4.69, 9.17) is 4.74 Å². The second-order valence-corrected chi connectivity index (χ2v) is 8.42. The zero-order chi connectivity index (χ0) is 21.5. The number of thiophene rings is 1. The fourth-order valence-electron chi connectivity index (χ4n) is 3.01. The summed E-state index contributed by atoms with van der Waals surface area (Å²) in [6.45, 7) is 3.96. The van der Waals surface area contributed by atoms with Gasteiger partial charge < -0.3 is 10.1 Å². The molecule has 30 heavy (non-hydrogen) atoms. The normalized spacial score (nSPS) is 12.7.